The number of hydrogen-bond donors (Lipinski definition) is 1. The van der Waals surface area contributed by atoms with Crippen LogP contribution in [0.4, 0.5) is 5.69 Å². The average molecular weight is 377 g/mol. The molecule has 2 aromatic rings. The Morgan fingerprint density at radius 3 is 2.52 bits per heavy atom. The van der Waals surface area contributed by atoms with Gasteiger partial charge < -0.3 is 10.2 Å². The molecule has 0 aliphatic heterocycles. The highest BCUT2D eigenvalue weighted by Crippen LogP contribution is 2.24. The van der Waals surface area contributed by atoms with Crippen LogP contribution in [0.25, 0.3) is 0 Å². The van der Waals surface area contributed by atoms with Gasteiger partial charge in [0.25, 0.3) is 0 Å². The Bertz CT molecular complexity index is 752. The molecule has 0 fully saturated rings. The molecule has 0 unspecified atom stereocenters. The van der Waals surface area contributed by atoms with Crippen LogP contribution in [0.1, 0.15) is 12.0 Å². The maximum atomic E-state index is 12.2. The van der Waals surface area contributed by atoms with Crippen molar-refractivity contribution in [2.24, 2.45) is 0 Å². The van der Waals surface area contributed by atoms with Gasteiger partial charge >= 0.3 is 0 Å². The van der Waals surface area contributed by atoms with Crippen molar-refractivity contribution in [2.75, 3.05) is 25.2 Å². The number of aryl methyl sites for hydroxylation is 1. The van der Waals surface area contributed by atoms with Crippen molar-refractivity contribution in [3.8, 4) is 0 Å². The van der Waals surface area contributed by atoms with Crippen LogP contribution < -0.4 is 5.32 Å². The summed E-state index contributed by atoms with van der Waals surface area (Å²) >= 11 is 7.66. The third-order valence-electron chi connectivity index (χ3n) is 3.75. The zero-order valence-electron chi connectivity index (χ0n) is 14.3. The first-order chi connectivity index (χ1) is 12.0. The molecule has 0 aliphatic carbocycles. The molecular weight excluding hydrogens is 356 g/mol. The molecule has 0 atom stereocenters. The van der Waals surface area contributed by atoms with Crippen LogP contribution in [0, 0.1) is 0 Å². The lowest BCUT2D eigenvalue weighted by atomic mass is 10.1. The molecule has 0 bridgehead atoms. The van der Waals surface area contributed by atoms with E-state index in [1.54, 1.807) is 18.8 Å². The molecule has 4 nitrogen and oxygen atoms in total. The molecule has 0 spiro atoms. The molecule has 6 heteroatoms. The van der Waals surface area contributed by atoms with Gasteiger partial charge in [-0.25, -0.2) is 0 Å². The van der Waals surface area contributed by atoms with Gasteiger partial charge in [0.1, 0.15) is 0 Å². The highest BCUT2D eigenvalue weighted by molar-refractivity contribution is 7.98. The summed E-state index contributed by atoms with van der Waals surface area (Å²) in [5.74, 6) is -0.302. The molecule has 25 heavy (non-hydrogen) atoms. The van der Waals surface area contributed by atoms with Gasteiger partial charge in [-0.05, 0) is 36.4 Å². The Balaban J connectivity index is 1.86. The SMILES string of the molecule is CSc1ccccc1NC(=O)CN(C)C(=O)CCc1ccccc1Cl. The van der Waals surface area contributed by atoms with Crippen LogP contribution in [-0.2, 0) is 16.0 Å². The lowest BCUT2D eigenvalue weighted by Crippen LogP contribution is -2.35. The van der Waals surface area contributed by atoms with E-state index in [0.29, 0.717) is 17.9 Å². The lowest BCUT2D eigenvalue weighted by Gasteiger charge is -2.17. The second kappa shape index (κ2) is 9.49. The quantitative estimate of drug-likeness (QED) is 0.740. The van der Waals surface area contributed by atoms with Crippen molar-refractivity contribution in [3.05, 3.63) is 59.1 Å². The van der Waals surface area contributed by atoms with Gasteiger partial charge in [0.2, 0.25) is 11.8 Å². The summed E-state index contributed by atoms with van der Waals surface area (Å²) < 4.78 is 0. The van der Waals surface area contributed by atoms with E-state index in [1.807, 2.05) is 54.8 Å². The van der Waals surface area contributed by atoms with E-state index in [4.69, 9.17) is 11.6 Å². The van der Waals surface area contributed by atoms with Gasteiger partial charge in [-0.2, -0.15) is 0 Å². The van der Waals surface area contributed by atoms with E-state index in [9.17, 15) is 9.59 Å². The van der Waals surface area contributed by atoms with Crippen LogP contribution in [0.3, 0.4) is 0 Å². The number of anilines is 1. The fourth-order valence-electron chi connectivity index (χ4n) is 2.37. The van der Waals surface area contributed by atoms with E-state index < -0.39 is 0 Å². The lowest BCUT2D eigenvalue weighted by molar-refractivity contribution is -0.133. The third-order valence-corrected chi connectivity index (χ3v) is 4.92. The van der Waals surface area contributed by atoms with E-state index in [0.717, 1.165) is 16.1 Å². The number of hydrogen-bond acceptors (Lipinski definition) is 3. The van der Waals surface area contributed by atoms with E-state index in [-0.39, 0.29) is 18.4 Å². The van der Waals surface area contributed by atoms with Crippen molar-refractivity contribution < 1.29 is 9.59 Å². The van der Waals surface area contributed by atoms with Crippen molar-refractivity contribution in [2.45, 2.75) is 17.7 Å². The van der Waals surface area contributed by atoms with Gasteiger partial charge in [0.15, 0.2) is 0 Å². The number of benzene rings is 2. The number of para-hydroxylation sites is 1. The van der Waals surface area contributed by atoms with Crippen molar-refractivity contribution >= 4 is 40.9 Å². The van der Waals surface area contributed by atoms with Crippen LogP contribution >= 0.6 is 23.4 Å². The Kier molecular flexibility index (Phi) is 7.34. The van der Waals surface area contributed by atoms with Gasteiger partial charge in [-0.1, -0.05) is 41.9 Å². The van der Waals surface area contributed by atoms with Crippen LogP contribution in [-0.4, -0.2) is 36.6 Å². The summed E-state index contributed by atoms with van der Waals surface area (Å²) in [5, 5.41) is 3.51. The summed E-state index contributed by atoms with van der Waals surface area (Å²) in [4.78, 5) is 26.9. The second-order valence-corrected chi connectivity index (χ2v) is 6.84. The molecule has 2 rings (SSSR count). The number of nitrogens with one attached hydrogen (secondary N) is 1. The number of carbonyl (C=O) groups excluding carboxylic acids is 2. The zero-order chi connectivity index (χ0) is 18.2. The minimum Gasteiger partial charge on any atom is -0.336 e. The van der Waals surface area contributed by atoms with E-state index in [1.165, 1.54) is 4.90 Å². The van der Waals surface area contributed by atoms with Crippen molar-refractivity contribution in [3.63, 3.8) is 0 Å². The van der Waals surface area contributed by atoms with Gasteiger partial charge in [-0.15, -0.1) is 11.8 Å². The fourth-order valence-corrected chi connectivity index (χ4v) is 3.16. The van der Waals surface area contributed by atoms with Crippen molar-refractivity contribution in [1.29, 1.82) is 0 Å². The molecule has 132 valence electrons. The summed E-state index contributed by atoms with van der Waals surface area (Å²) in [6.07, 6.45) is 2.82. The summed E-state index contributed by atoms with van der Waals surface area (Å²) in [6.45, 7) is 0.0179. The van der Waals surface area contributed by atoms with Crippen LogP contribution in [0.5, 0.6) is 0 Å². The number of halogens is 1. The smallest absolute Gasteiger partial charge is 0.244 e. The number of thioether (sulfide) groups is 1. The predicted molar refractivity (Wildman–Crippen MR) is 104 cm³/mol. The first-order valence-corrected chi connectivity index (χ1v) is 9.51. The number of carbonyl (C=O) groups is 2. The largest absolute Gasteiger partial charge is 0.336 e. The standard InChI is InChI=1S/C19H21ClN2O2S/c1-22(19(24)12-11-14-7-3-4-8-15(14)20)13-18(23)21-16-9-5-6-10-17(16)25-2/h3-10H,11-13H2,1-2H3,(H,21,23). The van der Waals surface area contributed by atoms with Gasteiger partial charge in [0, 0.05) is 23.4 Å². The van der Waals surface area contributed by atoms with Crippen LogP contribution in [0.15, 0.2) is 53.4 Å². The maximum Gasteiger partial charge on any atom is 0.244 e. The topological polar surface area (TPSA) is 49.4 Å². The predicted octanol–water partition coefficient (Wildman–Crippen LogP) is 4.09. The first-order valence-electron chi connectivity index (χ1n) is 7.91. The average Bonchev–Trinajstić information content (AvgIpc) is 2.61. The Hall–Kier alpha value is -1.98. The monoisotopic (exact) mass is 376 g/mol. The summed E-state index contributed by atoms with van der Waals surface area (Å²) in [7, 11) is 1.63. The molecule has 0 saturated carbocycles. The number of amides is 2. The third kappa shape index (κ3) is 5.80. The minimum absolute atomic E-state index is 0.0179. The van der Waals surface area contributed by atoms with Crippen LogP contribution in [0.2, 0.25) is 5.02 Å². The molecule has 0 saturated heterocycles. The molecule has 2 amide bonds. The second-order valence-electron chi connectivity index (χ2n) is 5.59. The molecule has 0 aromatic heterocycles. The van der Waals surface area contributed by atoms with Gasteiger partial charge in [0.05, 0.1) is 12.2 Å². The molecule has 1 N–H and O–H groups in total. The maximum absolute atomic E-state index is 12.2. The highest BCUT2D eigenvalue weighted by Gasteiger charge is 2.14. The Morgan fingerprint density at radius 2 is 1.80 bits per heavy atom. The zero-order valence-corrected chi connectivity index (χ0v) is 15.9. The Morgan fingerprint density at radius 1 is 1.12 bits per heavy atom. The van der Waals surface area contributed by atoms with Gasteiger partial charge in [-0.3, -0.25) is 9.59 Å². The molecule has 0 radical (unpaired) electrons. The number of nitrogens with zero attached hydrogens (tertiary/aromatic N) is 1. The molecule has 2 aromatic carbocycles. The number of rotatable bonds is 7. The van der Waals surface area contributed by atoms with E-state index in [2.05, 4.69) is 5.32 Å². The minimum atomic E-state index is -0.213. The molecular formula is C19H21ClN2O2S. The Labute approximate surface area is 157 Å². The number of likely N-dealkylation sites (N-methyl/N-ethyl adjacent to an activating group) is 1. The molecule has 0 heterocycles. The molecule has 0 aliphatic rings. The summed E-state index contributed by atoms with van der Waals surface area (Å²) in [6, 6.07) is 15.0. The first kappa shape index (κ1) is 19.3. The highest BCUT2D eigenvalue weighted by atomic mass is 35.5. The van der Waals surface area contributed by atoms with Crippen molar-refractivity contribution in [1.82, 2.24) is 4.90 Å². The fraction of sp³-hybridized carbons (Fsp3) is 0.263. The summed E-state index contributed by atoms with van der Waals surface area (Å²) in [5.41, 5.74) is 1.70. The van der Waals surface area contributed by atoms with E-state index >= 15 is 0 Å². The normalized spacial score (nSPS) is 10.4.